The molecule has 1 aromatic heterocycles. The highest BCUT2D eigenvalue weighted by Crippen LogP contribution is 2.36. The molecule has 1 aliphatic heterocycles. The van der Waals surface area contributed by atoms with E-state index in [9.17, 15) is 14.3 Å². The Morgan fingerprint density at radius 1 is 1.35 bits per heavy atom. The van der Waals surface area contributed by atoms with E-state index in [1.165, 1.54) is 12.3 Å². The van der Waals surface area contributed by atoms with Gasteiger partial charge in [0.15, 0.2) is 5.82 Å². The number of nitrogens with zero attached hydrogens (tertiary/aromatic N) is 2. The molecule has 0 radical (unpaired) electrons. The van der Waals surface area contributed by atoms with Crippen molar-refractivity contribution in [1.82, 2.24) is 9.88 Å². The first-order chi connectivity index (χ1) is 9.68. The molecule has 3 unspecified atom stereocenters. The van der Waals surface area contributed by atoms with Gasteiger partial charge in [-0.25, -0.2) is 4.39 Å². The molecule has 1 saturated carbocycles. The third kappa shape index (κ3) is 2.30. The standard InChI is InChI=1S/C15H19FN2O2/c16-12-9-17-7-6-10(12)15(20)18-8-2-4-13(18)11-3-1-5-14(11)19/h6-7,9,11,13-14,19H,1-5,8H2. The van der Waals surface area contributed by atoms with Crippen LogP contribution < -0.4 is 0 Å². The SMILES string of the molecule is O=C(c1ccncc1F)N1CCCC1C1CCCC1O. The number of aromatic nitrogens is 1. The molecule has 108 valence electrons. The number of pyridine rings is 1. The van der Waals surface area contributed by atoms with Crippen molar-refractivity contribution in [2.45, 2.75) is 44.2 Å². The summed E-state index contributed by atoms with van der Waals surface area (Å²) in [5.74, 6) is -0.701. The lowest BCUT2D eigenvalue weighted by molar-refractivity contribution is 0.0524. The predicted octanol–water partition coefficient (Wildman–Crippen LogP) is 1.99. The molecule has 4 nitrogen and oxygen atoms in total. The summed E-state index contributed by atoms with van der Waals surface area (Å²) in [5.41, 5.74) is 0.0828. The van der Waals surface area contributed by atoms with Gasteiger partial charge in [0.2, 0.25) is 0 Å². The molecule has 3 atom stereocenters. The van der Waals surface area contributed by atoms with E-state index < -0.39 is 5.82 Å². The van der Waals surface area contributed by atoms with Gasteiger partial charge in [-0.15, -0.1) is 0 Å². The van der Waals surface area contributed by atoms with Gasteiger partial charge in [0.05, 0.1) is 17.9 Å². The van der Waals surface area contributed by atoms with E-state index >= 15 is 0 Å². The zero-order valence-corrected chi connectivity index (χ0v) is 11.3. The number of aliphatic hydroxyl groups excluding tert-OH is 1. The Morgan fingerprint density at radius 2 is 2.20 bits per heavy atom. The molecule has 2 fully saturated rings. The van der Waals surface area contributed by atoms with Gasteiger partial charge in [0.25, 0.3) is 5.91 Å². The summed E-state index contributed by atoms with van der Waals surface area (Å²) in [6.45, 7) is 0.647. The first-order valence-electron chi connectivity index (χ1n) is 7.27. The Labute approximate surface area is 117 Å². The van der Waals surface area contributed by atoms with Gasteiger partial charge in [0.1, 0.15) is 0 Å². The van der Waals surface area contributed by atoms with Crippen molar-refractivity contribution >= 4 is 5.91 Å². The van der Waals surface area contributed by atoms with E-state index in [-0.39, 0.29) is 29.5 Å². The van der Waals surface area contributed by atoms with E-state index in [1.807, 2.05) is 0 Å². The molecule has 2 aliphatic rings. The second-order valence-corrected chi connectivity index (χ2v) is 5.73. The third-order valence-electron chi connectivity index (χ3n) is 4.59. The highest BCUT2D eigenvalue weighted by Gasteiger charge is 2.40. The van der Waals surface area contributed by atoms with Crippen molar-refractivity contribution in [2.24, 2.45) is 5.92 Å². The predicted molar refractivity (Wildman–Crippen MR) is 71.6 cm³/mol. The Balaban J connectivity index is 1.82. The molecule has 3 rings (SSSR count). The number of carbonyl (C=O) groups excluding carboxylic acids is 1. The van der Waals surface area contributed by atoms with Crippen LogP contribution in [0.25, 0.3) is 0 Å². The Bertz CT molecular complexity index is 508. The lowest BCUT2D eigenvalue weighted by atomic mass is 9.93. The molecule has 5 heteroatoms. The topological polar surface area (TPSA) is 53.4 Å². The van der Waals surface area contributed by atoms with Gasteiger partial charge in [-0.3, -0.25) is 9.78 Å². The molecule has 0 spiro atoms. The second kappa shape index (κ2) is 5.48. The molecule has 2 heterocycles. The minimum atomic E-state index is -0.574. The summed E-state index contributed by atoms with van der Waals surface area (Å²) in [4.78, 5) is 17.9. The normalized spacial score (nSPS) is 29.9. The van der Waals surface area contributed by atoms with Crippen LogP contribution in [0.15, 0.2) is 18.5 Å². The lowest BCUT2D eigenvalue weighted by Gasteiger charge is -2.31. The van der Waals surface area contributed by atoms with Gasteiger partial charge in [-0.1, -0.05) is 6.42 Å². The zero-order valence-electron chi connectivity index (χ0n) is 11.3. The average Bonchev–Trinajstić information content (AvgIpc) is 3.06. The van der Waals surface area contributed by atoms with Crippen LogP contribution in [-0.4, -0.2) is 39.6 Å². The summed E-state index contributed by atoms with van der Waals surface area (Å²) in [6, 6.07) is 1.48. The third-order valence-corrected chi connectivity index (χ3v) is 4.59. The van der Waals surface area contributed by atoms with Crippen LogP contribution in [-0.2, 0) is 0 Å². The van der Waals surface area contributed by atoms with Gasteiger partial charge in [-0.2, -0.15) is 0 Å². The molecule has 1 amide bonds. The van der Waals surface area contributed by atoms with E-state index in [1.54, 1.807) is 4.90 Å². The van der Waals surface area contributed by atoms with Crippen LogP contribution in [0.1, 0.15) is 42.5 Å². The van der Waals surface area contributed by atoms with Gasteiger partial charge in [0, 0.05) is 24.7 Å². The van der Waals surface area contributed by atoms with Crippen molar-refractivity contribution in [3.8, 4) is 0 Å². The smallest absolute Gasteiger partial charge is 0.257 e. The minimum Gasteiger partial charge on any atom is -0.393 e. The number of hydrogen-bond acceptors (Lipinski definition) is 3. The highest BCUT2D eigenvalue weighted by atomic mass is 19.1. The number of rotatable bonds is 2. The van der Waals surface area contributed by atoms with E-state index in [2.05, 4.69) is 4.98 Å². The Kier molecular flexibility index (Phi) is 3.70. The van der Waals surface area contributed by atoms with Gasteiger partial charge in [-0.05, 0) is 31.7 Å². The number of carbonyl (C=O) groups is 1. The highest BCUT2D eigenvalue weighted by molar-refractivity contribution is 5.94. The molecule has 20 heavy (non-hydrogen) atoms. The molecule has 1 aliphatic carbocycles. The van der Waals surface area contributed by atoms with Crippen LogP contribution in [0.2, 0.25) is 0 Å². The maximum absolute atomic E-state index is 13.7. The Hall–Kier alpha value is -1.49. The van der Waals surface area contributed by atoms with Crippen molar-refractivity contribution in [2.75, 3.05) is 6.54 Å². The number of amides is 1. The summed E-state index contributed by atoms with van der Waals surface area (Å²) < 4.78 is 13.7. The summed E-state index contributed by atoms with van der Waals surface area (Å²) >= 11 is 0. The fourth-order valence-corrected chi connectivity index (χ4v) is 3.61. The van der Waals surface area contributed by atoms with E-state index in [0.29, 0.717) is 6.54 Å². The summed E-state index contributed by atoms with van der Waals surface area (Å²) in [6.07, 6.45) is 6.78. The quantitative estimate of drug-likeness (QED) is 0.900. The van der Waals surface area contributed by atoms with E-state index in [4.69, 9.17) is 0 Å². The molecule has 0 aromatic carbocycles. The van der Waals surface area contributed by atoms with Crippen molar-refractivity contribution in [3.63, 3.8) is 0 Å². The molecule has 0 bridgehead atoms. The van der Waals surface area contributed by atoms with Crippen LogP contribution >= 0.6 is 0 Å². The van der Waals surface area contributed by atoms with Crippen LogP contribution in [0.3, 0.4) is 0 Å². The molecular formula is C15H19FN2O2. The zero-order chi connectivity index (χ0) is 14.1. The van der Waals surface area contributed by atoms with Crippen LogP contribution in [0, 0.1) is 11.7 Å². The van der Waals surface area contributed by atoms with Crippen molar-refractivity contribution in [3.05, 3.63) is 29.8 Å². The van der Waals surface area contributed by atoms with Crippen molar-refractivity contribution < 1.29 is 14.3 Å². The monoisotopic (exact) mass is 278 g/mol. The van der Waals surface area contributed by atoms with E-state index in [0.717, 1.165) is 38.3 Å². The van der Waals surface area contributed by atoms with Crippen molar-refractivity contribution in [1.29, 1.82) is 0 Å². The summed E-state index contributed by atoms with van der Waals surface area (Å²) in [5, 5.41) is 10.1. The number of hydrogen-bond donors (Lipinski definition) is 1. The molecular weight excluding hydrogens is 259 g/mol. The van der Waals surface area contributed by atoms with Gasteiger partial charge >= 0.3 is 0 Å². The fraction of sp³-hybridized carbons (Fsp3) is 0.600. The fourth-order valence-electron chi connectivity index (χ4n) is 3.61. The maximum Gasteiger partial charge on any atom is 0.257 e. The lowest BCUT2D eigenvalue weighted by Crippen LogP contribution is -2.42. The largest absolute Gasteiger partial charge is 0.393 e. The Morgan fingerprint density at radius 3 is 2.90 bits per heavy atom. The first-order valence-corrected chi connectivity index (χ1v) is 7.27. The molecule has 1 aromatic rings. The molecule has 1 saturated heterocycles. The van der Waals surface area contributed by atoms with Crippen LogP contribution in [0.5, 0.6) is 0 Å². The summed E-state index contributed by atoms with van der Waals surface area (Å²) in [7, 11) is 0. The first kappa shape index (κ1) is 13.5. The second-order valence-electron chi connectivity index (χ2n) is 5.73. The molecule has 1 N–H and O–H groups in total. The van der Waals surface area contributed by atoms with Gasteiger partial charge < -0.3 is 10.0 Å². The number of halogens is 1. The minimum absolute atomic E-state index is 0.0487. The number of likely N-dealkylation sites (tertiary alicyclic amines) is 1. The number of aliphatic hydroxyl groups is 1. The van der Waals surface area contributed by atoms with Crippen LogP contribution in [0.4, 0.5) is 4.39 Å². The average molecular weight is 278 g/mol. The maximum atomic E-state index is 13.7.